The quantitative estimate of drug-likeness (QED) is 0.701. The highest BCUT2D eigenvalue weighted by Crippen LogP contribution is 2.14. The average Bonchev–Trinajstić information content (AvgIpc) is 2.28. The third kappa shape index (κ3) is 2.90. The number of hydrogen-bond acceptors (Lipinski definition) is 4. The Kier molecular flexibility index (Phi) is 4.07. The van der Waals surface area contributed by atoms with Crippen molar-refractivity contribution < 1.29 is 19.4 Å². The number of likely N-dealkylation sites (N-methyl/N-ethyl adjacent to an activating group) is 1. The molecule has 0 aromatic carbocycles. The van der Waals surface area contributed by atoms with E-state index in [1.165, 1.54) is 4.90 Å². The fourth-order valence-electron chi connectivity index (χ4n) is 1.25. The van der Waals surface area contributed by atoms with Crippen molar-refractivity contribution in [3.63, 3.8) is 0 Å². The highest BCUT2D eigenvalue weighted by Gasteiger charge is 2.33. The molecule has 15 heavy (non-hydrogen) atoms. The van der Waals surface area contributed by atoms with Crippen LogP contribution in [0.25, 0.3) is 0 Å². The summed E-state index contributed by atoms with van der Waals surface area (Å²) in [4.78, 5) is 13.4. The number of aliphatic hydroxyl groups is 1. The maximum Gasteiger partial charge on any atom is 0.254 e. The molecule has 0 aliphatic carbocycles. The van der Waals surface area contributed by atoms with Gasteiger partial charge in [-0.3, -0.25) is 4.79 Å². The van der Waals surface area contributed by atoms with Crippen LogP contribution in [0.4, 0.5) is 0 Å². The number of carbonyl (C=O) groups excluding carboxylic acids is 1. The molecule has 88 valence electrons. The minimum absolute atomic E-state index is 0.0805. The van der Waals surface area contributed by atoms with Gasteiger partial charge in [0.05, 0.1) is 32.0 Å². The highest BCUT2D eigenvalue weighted by atomic mass is 16.6. The molecule has 1 saturated heterocycles. The fourth-order valence-corrected chi connectivity index (χ4v) is 1.25. The molecule has 1 N–H and O–H groups in total. The lowest BCUT2D eigenvalue weighted by Gasteiger charge is -2.36. The molecule has 1 unspecified atom stereocenters. The molecule has 5 nitrogen and oxygen atoms in total. The Hall–Kier alpha value is -0.650. The summed E-state index contributed by atoms with van der Waals surface area (Å²) in [6, 6.07) is 0. The van der Waals surface area contributed by atoms with E-state index in [9.17, 15) is 4.79 Å². The minimum atomic E-state index is -0.572. The van der Waals surface area contributed by atoms with Gasteiger partial charge in [0.25, 0.3) is 5.91 Å². The predicted octanol–water partition coefficient (Wildman–Crippen LogP) is -0.369. The van der Waals surface area contributed by atoms with Crippen LogP contribution in [0.5, 0.6) is 0 Å². The summed E-state index contributed by atoms with van der Waals surface area (Å²) in [7, 11) is 1.66. The van der Waals surface area contributed by atoms with Gasteiger partial charge in [-0.15, -0.1) is 0 Å². The molecule has 0 bridgehead atoms. The number of ether oxygens (including phenoxy) is 2. The van der Waals surface area contributed by atoms with Gasteiger partial charge in [-0.2, -0.15) is 0 Å². The molecule has 1 fully saturated rings. The van der Waals surface area contributed by atoms with E-state index >= 15 is 0 Å². The van der Waals surface area contributed by atoms with E-state index in [2.05, 4.69) is 0 Å². The maximum atomic E-state index is 11.9. The first kappa shape index (κ1) is 12.4. The lowest BCUT2D eigenvalue weighted by atomic mass is 10.0. The smallest absolute Gasteiger partial charge is 0.254 e. The predicted molar refractivity (Wildman–Crippen MR) is 54.5 cm³/mol. The van der Waals surface area contributed by atoms with Crippen LogP contribution in [0.15, 0.2) is 0 Å². The molecule has 1 rings (SSSR count). The fraction of sp³-hybridized carbons (Fsp3) is 0.900. The van der Waals surface area contributed by atoms with E-state index in [1.54, 1.807) is 20.9 Å². The van der Waals surface area contributed by atoms with Gasteiger partial charge < -0.3 is 19.5 Å². The summed E-state index contributed by atoms with van der Waals surface area (Å²) in [6.45, 7) is 4.80. The van der Waals surface area contributed by atoms with Crippen LogP contribution in [0.2, 0.25) is 0 Å². The number of amides is 1. The summed E-state index contributed by atoms with van der Waals surface area (Å²) in [5.41, 5.74) is -0.572. The van der Waals surface area contributed by atoms with E-state index in [0.29, 0.717) is 19.8 Å². The number of nitrogens with zero attached hydrogens (tertiary/aromatic N) is 1. The van der Waals surface area contributed by atoms with Crippen molar-refractivity contribution in [2.24, 2.45) is 0 Å². The van der Waals surface area contributed by atoms with Crippen LogP contribution in [0, 0.1) is 0 Å². The van der Waals surface area contributed by atoms with E-state index in [0.717, 1.165) is 0 Å². The second kappa shape index (κ2) is 4.92. The normalized spacial score (nSPS) is 22.5. The first-order valence-electron chi connectivity index (χ1n) is 5.07. The first-order valence-corrected chi connectivity index (χ1v) is 5.07. The summed E-state index contributed by atoms with van der Waals surface area (Å²) in [5, 5.41) is 9.15. The SMILES string of the molecule is CN(C(=O)C1COCCO1)C(C)(C)CO. The second-order valence-corrected chi connectivity index (χ2v) is 4.30. The Morgan fingerprint density at radius 1 is 1.53 bits per heavy atom. The molecule has 1 aliphatic heterocycles. The molecular weight excluding hydrogens is 198 g/mol. The van der Waals surface area contributed by atoms with Crippen molar-refractivity contribution in [1.29, 1.82) is 0 Å². The van der Waals surface area contributed by atoms with Crippen molar-refractivity contribution in [1.82, 2.24) is 4.90 Å². The lowest BCUT2D eigenvalue weighted by Crippen LogP contribution is -2.53. The van der Waals surface area contributed by atoms with Crippen LogP contribution < -0.4 is 0 Å². The average molecular weight is 217 g/mol. The number of aliphatic hydroxyl groups excluding tert-OH is 1. The van der Waals surface area contributed by atoms with Crippen LogP contribution in [0.1, 0.15) is 13.8 Å². The van der Waals surface area contributed by atoms with Crippen LogP contribution in [-0.2, 0) is 14.3 Å². The summed E-state index contributed by atoms with van der Waals surface area (Å²) in [5.74, 6) is -0.145. The summed E-state index contributed by atoms with van der Waals surface area (Å²) >= 11 is 0. The number of hydrogen-bond donors (Lipinski definition) is 1. The van der Waals surface area contributed by atoms with E-state index in [4.69, 9.17) is 14.6 Å². The summed E-state index contributed by atoms with van der Waals surface area (Å²) < 4.78 is 10.5. The Morgan fingerprint density at radius 3 is 2.67 bits per heavy atom. The van der Waals surface area contributed by atoms with Gasteiger partial charge in [0.2, 0.25) is 0 Å². The van der Waals surface area contributed by atoms with Crippen molar-refractivity contribution in [3.8, 4) is 0 Å². The van der Waals surface area contributed by atoms with Crippen LogP contribution >= 0.6 is 0 Å². The third-order valence-electron chi connectivity index (χ3n) is 2.72. The molecule has 0 spiro atoms. The topological polar surface area (TPSA) is 59.0 Å². The second-order valence-electron chi connectivity index (χ2n) is 4.30. The zero-order chi connectivity index (χ0) is 11.5. The molecule has 1 aliphatic rings. The van der Waals surface area contributed by atoms with Gasteiger partial charge in [-0.25, -0.2) is 0 Å². The zero-order valence-electron chi connectivity index (χ0n) is 9.52. The lowest BCUT2D eigenvalue weighted by molar-refractivity contribution is -0.162. The van der Waals surface area contributed by atoms with Gasteiger partial charge in [0, 0.05) is 7.05 Å². The molecule has 1 amide bonds. The van der Waals surface area contributed by atoms with Crippen molar-refractivity contribution in [3.05, 3.63) is 0 Å². The van der Waals surface area contributed by atoms with Crippen LogP contribution in [-0.4, -0.2) is 61.0 Å². The van der Waals surface area contributed by atoms with Crippen molar-refractivity contribution in [2.45, 2.75) is 25.5 Å². The van der Waals surface area contributed by atoms with Gasteiger partial charge in [0.15, 0.2) is 6.10 Å². The third-order valence-corrected chi connectivity index (χ3v) is 2.72. The highest BCUT2D eigenvalue weighted by molar-refractivity contribution is 5.81. The zero-order valence-corrected chi connectivity index (χ0v) is 9.52. The molecule has 0 radical (unpaired) electrons. The Bertz CT molecular complexity index is 223. The Labute approximate surface area is 90.0 Å². The minimum Gasteiger partial charge on any atom is -0.394 e. The van der Waals surface area contributed by atoms with Gasteiger partial charge in [-0.1, -0.05) is 0 Å². The van der Waals surface area contributed by atoms with E-state index in [-0.39, 0.29) is 12.5 Å². The van der Waals surface area contributed by atoms with Crippen molar-refractivity contribution >= 4 is 5.91 Å². The Morgan fingerprint density at radius 2 is 2.20 bits per heavy atom. The number of rotatable bonds is 3. The van der Waals surface area contributed by atoms with Gasteiger partial charge in [0.1, 0.15) is 0 Å². The molecule has 0 aromatic heterocycles. The maximum absolute atomic E-state index is 11.9. The monoisotopic (exact) mass is 217 g/mol. The molecule has 1 heterocycles. The molecule has 0 saturated carbocycles. The largest absolute Gasteiger partial charge is 0.394 e. The Balaban J connectivity index is 2.58. The molecular formula is C10H19NO4. The first-order chi connectivity index (χ1) is 6.99. The molecule has 0 aromatic rings. The summed E-state index contributed by atoms with van der Waals surface area (Å²) in [6.07, 6.45) is -0.533. The van der Waals surface area contributed by atoms with Crippen LogP contribution in [0.3, 0.4) is 0 Å². The standard InChI is InChI=1S/C10H19NO4/c1-10(2,7-12)11(3)9(13)8-6-14-4-5-15-8/h8,12H,4-7H2,1-3H3. The van der Waals surface area contributed by atoms with E-state index < -0.39 is 11.6 Å². The number of carbonyl (C=O) groups is 1. The van der Waals surface area contributed by atoms with Crippen molar-refractivity contribution in [2.75, 3.05) is 33.5 Å². The van der Waals surface area contributed by atoms with Gasteiger partial charge >= 0.3 is 0 Å². The molecule has 1 atom stereocenters. The molecule has 5 heteroatoms. The van der Waals surface area contributed by atoms with Gasteiger partial charge in [-0.05, 0) is 13.8 Å². The van der Waals surface area contributed by atoms with E-state index in [1.807, 2.05) is 0 Å².